The summed E-state index contributed by atoms with van der Waals surface area (Å²) in [6.07, 6.45) is 3.70. The third kappa shape index (κ3) is 7.90. The summed E-state index contributed by atoms with van der Waals surface area (Å²) < 4.78 is 0. The van der Waals surface area contributed by atoms with Crippen LogP contribution < -0.4 is 5.32 Å². The smallest absolute Gasteiger partial charge is 0.251 e. The maximum Gasteiger partial charge on any atom is 0.251 e. The molecule has 178 valence electrons. The largest absolute Gasteiger partial charge is 0.351 e. The van der Waals surface area contributed by atoms with Gasteiger partial charge in [0, 0.05) is 35.2 Å². The van der Waals surface area contributed by atoms with E-state index in [9.17, 15) is 4.79 Å². The van der Waals surface area contributed by atoms with Gasteiger partial charge in [-0.05, 0) is 79.2 Å². The van der Waals surface area contributed by atoms with E-state index in [1.165, 1.54) is 36.0 Å². The molecule has 1 amide bonds. The van der Waals surface area contributed by atoms with Crippen LogP contribution in [0.2, 0.25) is 5.02 Å². The minimum absolute atomic E-state index is 0.00312. The third-order valence-corrected chi connectivity index (χ3v) is 7.65. The monoisotopic (exact) mass is 492 g/mol. The topological polar surface area (TPSA) is 32.3 Å². The van der Waals surface area contributed by atoms with Crippen LogP contribution in [0.15, 0.2) is 78.9 Å². The number of hydrogen-bond donors (Lipinski definition) is 1. The van der Waals surface area contributed by atoms with E-state index in [1.807, 2.05) is 30.3 Å². The molecule has 34 heavy (non-hydrogen) atoms. The first-order chi connectivity index (χ1) is 16.7. The van der Waals surface area contributed by atoms with Gasteiger partial charge in [-0.25, -0.2) is 0 Å². The molecule has 1 heterocycles. The van der Waals surface area contributed by atoms with Crippen molar-refractivity contribution in [3.8, 4) is 0 Å². The molecule has 3 aromatic carbocycles. The van der Waals surface area contributed by atoms with Crippen molar-refractivity contribution in [2.75, 3.05) is 25.4 Å². The fourth-order valence-electron chi connectivity index (χ4n) is 4.47. The molecule has 3 nitrogen and oxygen atoms in total. The highest BCUT2D eigenvalue weighted by atomic mass is 35.5. The highest BCUT2D eigenvalue weighted by Crippen LogP contribution is 2.23. The molecule has 1 aliphatic heterocycles. The van der Waals surface area contributed by atoms with Crippen molar-refractivity contribution in [3.05, 3.63) is 106 Å². The Morgan fingerprint density at radius 1 is 0.912 bits per heavy atom. The number of carbonyl (C=O) groups excluding carboxylic acids is 1. The van der Waals surface area contributed by atoms with E-state index < -0.39 is 0 Å². The van der Waals surface area contributed by atoms with E-state index >= 15 is 0 Å². The summed E-state index contributed by atoms with van der Waals surface area (Å²) >= 11 is 7.82. The fraction of sp³-hybridized carbons (Fsp3) is 0.345. The van der Waals surface area contributed by atoms with Crippen molar-refractivity contribution in [1.29, 1.82) is 0 Å². The van der Waals surface area contributed by atoms with Crippen molar-refractivity contribution in [1.82, 2.24) is 10.2 Å². The lowest BCUT2D eigenvalue weighted by Crippen LogP contribution is -2.33. The number of thioether (sulfide) groups is 1. The minimum atomic E-state index is -0.00312. The highest BCUT2D eigenvalue weighted by Gasteiger charge is 2.19. The first-order valence-electron chi connectivity index (χ1n) is 12.1. The maximum absolute atomic E-state index is 12.5. The third-order valence-electron chi connectivity index (χ3n) is 6.39. The lowest BCUT2D eigenvalue weighted by Gasteiger charge is -2.32. The van der Waals surface area contributed by atoms with Gasteiger partial charge in [-0.15, -0.1) is 0 Å². The van der Waals surface area contributed by atoms with Crippen LogP contribution in [0, 0.1) is 5.92 Å². The second kappa shape index (κ2) is 13.0. The van der Waals surface area contributed by atoms with Crippen LogP contribution >= 0.6 is 23.4 Å². The number of halogens is 1. The van der Waals surface area contributed by atoms with E-state index in [1.54, 1.807) is 11.8 Å². The zero-order valence-electron chi connectivity index (χ0n) is 19.6. The summed E-state index contributed by atoms with van der Waals surface area (Å²) in [5, 5.41) is 3.79. The molecule has 0 spiro atoms. The predicted octanol–water partition coefficient (Wildman–Crippen LogP) is 6.46. The number of carbonyl (C=O) groups is 1. The van der Waals surface area contributed by atoms with Crippen molar-refractivity contribution < 1.29 is 4.79 Å². The second-order valence-electron chi connectivity index (χ2n) is 9.04. The Hall–Kier alpha value is -2.27. The summed E-state index contributed by atoms with van der Waals surface area (Å²) in [4.78, 5) is 15.0. The molecule has 3 aromatic rings. The molecule has 0 bridgehead atoms. The summed E-state index contributed by atoms with van der Waals surface area (Å²) in [6, 6.07) is 26.8. The number of nitrogens with zero attached hydrogens (tertiary/aromatic N) is 1. The molecule has 5 heteroatoms. The maximum atomic E-state index is 12.5. The molecule has 0 radical (unpaired) electrons. The van der Waals surface area contributed by atoms with Crippen LogP contribution in [0.3, 0.4) is 0 Å². The Labute approximate surface area is 212 Å². The molecular formula is C29H33ClN2OS. The lowest BCUT2D eigenvalue weighted by molar-refractivity contribution is 0.0956. The summed E-state index contributed by atoms with van der Waals surface area (Å²) in [6.45, 7) is 3.91. The average Bonchev–Trinajstić information content (AvgIpc) is 2.86. The van der Waals surface area contributed by atoms with Crippen molar-refractivity contribution >= 4 is 29.3 Å². The predicted molar refractivity (Wildman–Crippen MR) is 145 cm³/mol. The van der Waals surface area contributed by atoms with Crippen LogP contribution in [0.1, 0.15) is 39.9 Å². The van der Waals surface area contributed by atoms with E-state index in [-0.39, 0.29) is 5.91 Å². The zero-order chi connectivity index (χ0) is 23.6. The molecule has 0 saturated carbocycles. The second-order valence-corrected chi connectivity index (χ2v) is 10.6. The molecule has 1 saturated heterocycles. The van der Waals surface area contributed by atoms with Gasteiger partial charge in [0.1, 0.15) is 0 Å². The molecule has 1 fully saturated rings. The molecular weight excluding hydrogens is 460 g/mol. The quantitative estimate of drug-likeness (QED) is 0.330. The number of benzene rings is 3. The Morgan fingerprint density at radius 3 is 2.38 bits per heavy atom. The van der Waals surface area contributed by atoms with Crippen LogP contribution in [-0.4, -0.2) is 36.2 Å². The van der Waals surface area contributed by atoms with Gasteiger partial charge < -0.3 is 5.32 Å². The molecule has 0 atom stereocenters. The average molecular weight is 493 g/mol. The van der Waals surface area contributed by atoms with Crippen LogP contribution in [-0.2, 0) is 18.7 Å². The number of hydrogen-bond acceptors (Lipinski definition) is 3. The van der Waals surface area contributed by atoms with Crippen molar-refractivity contribution in [3.63, 3.8) is 0 Å². The molecule has 1 N–H and O–H groups in total. The van der Waals surface area contributed by atoms with Crippen molar-refractivity contribution in [2.24, 2.45) is 5.92 Å². The van der Waals surface area contributed by atoms with E-state index in [2.05, 4.69) is 58.7 Å². The van der Waals surface area contributed by atoms with Crippen LogP contribution in [0.5, 0.6) is 0 Å². The number of likely N-dealkylation sites (tertiary alicyclic amines) is 1. The van der Waals surface area contributed by atoms with Gasteiger partial charge in [0.15, 0.2) is 0 Å². The Kier molecular flexibility index (Phi) is 9.49. The van der Waals surface area contributed by atoms with Gasteiger partial charge in [0.25, 0.3) is 5.91 Å². The van der Waals surface area contributed by atoms with Gasteiger partial charge in [-0.3, -0.25) is 9.69 Å². The SMILES string of the molecule is O=C(NCCSCc1cccc(Cl)c1)c1ccc(CN2CCC(Cc3ccccc3)CC2)cc1. The summed E-state index contributed by atoms with van der Waals surface area (Å²) in [7, 11) is 0. The lowest BCUT2D eigenvalue weighted by atomic mass is 9.90. The first kappa shape index (κ1) is 24.8. The van der Waals surface area contributed by atoms with Crippen LogP contribution in [0.25, 0.3) is 0 Å². The van der Waals surface area contributed by atoms with Gasteiger partial charge in [-0.1, -0.05) is 66.2 Å². The highest BCUT2D eigenvalue weighted by molar-refractivity contribution is 7.98. The van der Waals surface area contributed by atoms with Gasteiger partial charge in [-0.2, -0.15) is 11.8 Å². The van der Waals surface area contributed by atoms with Gasteiger partial charge in [0.2, 0.25) is 0 Å². The Bertz CT molecular complexity index is 1030. The molecule has 0 unspecified atom stereocenters. The van der Waals surface area contributed by atoms with Crippen LogP contribution in [0.4, 0.5) is 0 Å². The Morgan fingerprint density at radius 2 is 1.65 bits per heavy atom. The molecule has 0 aliphatic carbocycles. The fourth-order valence-corrected chi connectivity index (χ4v) is 5.49. The normalized spacial score (nSPS) is 14.7. The molecule has 1 aliphatic rings. The number of nitrogens with one attached hydrogen (secondary N) is 1. The van der Waals surface area contributed by atoms with E-state index in [0.29, 0.717) is 6.54 Å². The van der Waals surface area contributed by atoms with E-state index in [4.69, 9.17) is 11.6 Å². The molecule has 0 aromatic heterocycles. The van der Waals surface area contributed by atoms with Gasteiger partial charge in [0.05, 0.1) is 0 Å². The van der Waals surface area contributed by atoms with E-state index in [0.717, 1.165) is 47.6 Å². The number of rotatable bonds is 10. The number of piperidine rings is 1. The van der Waals surface area contributed by atoms with Gasteiger partial charge >= 0.3 is 0 Å². The first-order valence-corrected chi connectivity index (χ1v) is 13.6. The summed E-state index contributed by atoms with van der Waals surface area (Å²) in [5.41, 5.74) is 4.66. The summed E-state index contributed by atoms with van der Waals surface area (Å²) in [5.74, 6) is 2.55. The van der Waals surface area contributed by atoms with Crippen molar-refractivity contribution in [2.45, 2.75) is 31.6 Å². The standard InChI is InChI=1S/C29H33ClN2OS/c30-28-8-4-7-26(20-28)22-34-18-15-31-29(33)27-11-9-25(10-12-27)21-32-16-13-24(14-17-32)19-23-5-2-1-3-6-23/h1-12,20,24H,13-19,21-22H2,(H,31,33). The number of amides is 1. The Balaban J connectivity index is 1.13. The minimum Gasteiger partial charge on any atom is -0.351 e. The molecule has 4 rings (SSSR count). The zero-order valence-corrected chi connectivity index (χ0v) is 21.2.